The van der Waals surface area contributed by atoms with Crippen molar-refractivity contribution in [2.45, 2.75) is 20.8 Å². The molecule has 5 nitrogen and oxygen atoms in total. The molecule has 1 heterocycles. The van der Waals surface area contributed by atoms with E-state index in [0.717, 1.165) is 22.8 Å². The predicted octanol–water partition coefficient (Wildman–Crippen LogP) is 2.43. The average molecular weight is 315 g/mol. The maximum absolute atomic E-state index is 12.4. The Bertz CT molecular complexity index is 674. The van der Waals surface area contributed by atoms with Crippen molar-refractivity contribution in [1.82, 2.24) is 9.88 Å². The second-order valence-corrected chi connectivity index (χ2v) is 5.87. The van der Waals surface area contributed by atoms with Crippen LogP contribution in [0.3, 0.4) is 0 Å². The molecule has 0 radical (unpaired) electrons. The maximum Gasteiger partial charge on any atom is 0.253 e. The third-order valence-electron chi connectivity index (χ3n) is 4.02. The minimum atomic E-state index is -0.0573. The fraction of sp³-hybridized carbons (Fsp3) is 0.389. The number of aromatic nitrogens is 1. The molecule has 5 heteroatoms. The van der Waals surface area contributed by atoms with Gasteiger partial charge in [0.15, 0.2) is 0 Å². The summed E-state index contributed by atoms with van der Waals surface area (Å²) in [7, 11) is 1.64. The van der Waals surface area contributed by atoms with Crippen molar-refractivity contribution in [3.05, 3.63) is 47.3 Å². The highest BCUT2D eigenvalue weighted by Gasteiger charge is 2.17. The Labute approximate surface area is 137 Å². The SMILES string of the molecule is COc1ccc(-n2c(C)cc(C(=O)NCC(C)CN)c2C)cc1. The lowest BCUT2D eigenvalue weighted by atomic mass is 10.1. The van der Waals surface area contributed by atoms with Crippen LogP contribution in [0, 0.1) is 19.8 Å². The second-order valence-electron chi connectivity index (χ2n) is 5.87. The van der Waals surface area contributed by atoms with Crippen molar-refractivity contribution < 1.29 is 9.53 Å². The molecule has 1 amide bonds. The van der Waals surface area contributed by atoms with E-state index in [-0.39, 0.29) is 11.8 Å². The maximum atomic E-state index is 12.4. The summed E-state index contributed by atoms with van der Waals surface area (Å²) in [5.74, 6) is 1.02. The van der Waals surface area contributed by atoms with Crippen molar-refractivity contribution in [1.29, 1.82) is 0 Å². The van der Waals surface area contributed by atoms with E-state index in [1.165, 1.54) is 0 Å². The number of hydrogen-bond donors (Lipinski definition) is 2. The van der Waals surface area contributed by atoms with Crippen molar-refractivity contribution in [2.24, 2.45) is 11.7 Å². The fourth-order valence-electron chi connectivity index (χ4n) is 2.57. The lowest BCUT2D eigenvalue weighted by Crippen LogP contribution is -2.31. The number of ether oxygens (including phenoxy) is 1. The number of aryl methyl sites for hydroxylation is 1. The number of methoxy groups -OCH3 is 1. The molecule has 1 aromatic heterocycles. The molecule has 1 aromatic carbocycles. The van der Waals surface area contributed by atoms with Crippen LogP contribution in [0.1, 0.15) is 28.7 Å². The fourth-order valence-corrected chi connectivity index (χ4v) is 2.57. The third kappa shape index (κ3) is 3.74. The van der Waals surface area contributed by atoms with E-state index >= 15 is 0 Å². The van der Waals surface area contributed by atoms with Crippen molar-refractivity contribution >= 4 is 5.91 Å². The van der Waals surface area contributed by atoms with Gasteiger partial charge in [0.25, 0.3) is 5.91 Å². The molecule has 0 bridgehead atoms. The number of nitrogens with one attached hydrogen (secondary N) is 1. The lowest BCUT2D eigenvalue weighted by molar-refractivity contribution is 0.0948. The van der Waals surface area contributed by atoms with Gasteiger partial charge in [0.1, 0.15) is 5.75 Å². The number of rotatable bonds is 6. The zero-order valence-corrected chi connectivity index (χ0v) is 14.2. The van der Waals surface area contributed by atoms with E-state index in [2.05, 4.69) is 9.88 Å². The summed E-state index contributed by atoms with van der Waals surface area (Å²) in [5, 5.41) is 2.95. The molecule has 0 saturated carbocycles. The van der Waals surface area contributed by atoms with Gasteiger partial charge < -0.3 is 20.4 Å². The molecule has 0 aliphatic rings. The Balaban J connectivity index is 2.26. The largest absolute Gasteiger partial charge is 0.497 e. The molecule has 1 atom stereocenters. The summed E-state index contributed by atoms with van der Waals surface area (Å²) in [5.41, 5.74) is 9.24. The molecule has 0 aliphatic heterocycles. The molecule has 124 valence electrons. The zero-order chi connectivity index (χ0) is 17.0. The number of nitrogens with zero attached hydrogens (tertiary/aromatic N) is 1. The molecule has 0 aliphatic carbocycles. The van der Waals surface area contributed by atoms with Crippen molar-refractivity contribution in [2.75, 3.05) is 20.2 Å². The van der Waals surface area contributed by atoms with Gasteiger partial charge >= 0.3 is 0 Å². The molecular formula is C18H25N3O2. The number of hydrogen-bond acceptors (Lipinski definition) is 3. The standard InChI is InChI=1S/C18H25N3O2/c1-12(10-19)11-20-18(22)17-9-13(2)21(14(17)3)15-5-7-16(23-4)8-6-15/h5-9,12H,10-11,19H2,1-4H3,(H,20,22). The highest BCUT2D eigenvalue weighted by atomic mass is 16.5. The van der Waals surface area contributed by atoms with Crippen LogP contribution in [0.4, 0.5) is 0 Å². The van der Waals surface area contributed by atoms with Crippen molar-refractivity contribution in [3.63, 3.8) is 0 Å². The monoisotopic (exact) mass is 315 g/mol. The lowest BCUT2D eigenvalue weighted by Gasteiger charge is -2.12. The topological polar surface area (TPSA) is 69.3 Å². The van der Waals surface area contributed by atoms with Gasteiger partial charge in [0, 0.05) is 23.6 Å². The van der Waals surface area contributed by atoms with Crippen LogP contribution in [0.5, 0.6) is 5.75 Å². The molecule has 0 spiro atoms. The van der Waals surface area contributed by atoms with Crippen LogP contribution in [-0.4, -0.2) is 30.7 Å². The molecule has 3 N–H and O–H groups in total. The second kappa shape index (κ2) is 7.33. The normalized spacial score (nSPS) is 12.0. The van der Waals surface area contributed by atoms with E-state index < -0.39 is 0 Å². The molecule has 23 heavy (non-hydrogen) atoms. The minimum Gasteiger partial charge on any atom is -0.497 e. The van der Waals surface area contributed by atoms with E-state index in [1.807, 2.05) is 51.1 Å². The Kier molecular flexibility index (Phi) is 5.45. The first-order valence-corrected chi connectivity index (χ1v) is 7.79. The number of benzene rings is 1. The summed E-state index contributed by atoms with van der Waals surface area (Å²) in [6.45, 7) is 7.11. The molecule has 2 rings (SSSR count). The van der Waals surface area contributed by atoms with Gasteiger partial charge in [-0.15, -0.1) is 0 Å². The number of carbonyl (C=O) groups is 1. The molecule has 0 fully saturated rings. The van der Waals surface area contributed by atoms with Crippen LogP contribution in [0.25, 0.3) is 5.69 Å². The van der Waals surface area contributed by atoms with Gasteiger partial charge in [-0.2, -0.15) is 0 Å². The van der Waals surface area contributed by atoms with Crippen LogP contribution in [0.2, 0.25) is 0 Å². The van der Waals surface area contributed by atoms with E-state index in [9.17, 15) is 4.79 Å². The molecular weight excluding hydrogens is 290 g/mol. The summed E-state index contributed by atoms with van der Waals surface area (Å²) >= 11 is 0. The first-order valence-electron chi connectivity index (χ1n) is 7.79. The Hall–Kier alpha value is -2.27. The Morgan fingerprint density at radius 1 is 1.30 bits per heavy atom. The highest BCUT2D eigenvalue weighted by Crippen LogP contribution is 2.22. The highest BCUT2D eigenvalue weighted by molar-refractivity contribution is 5.95. The number of amides is 1. The average Bonchev–Trinajstić information content (AvgIpc) is 2.87. The zero-order valence-electron chi connectivity index (χ0n) is 14.2. The van der Waals surface area contributed by atoms with Gasteiger partial charge in [-0.05, 0) is 56.6 Å². The summed E-state index contributed by atoms with van der Waals surface area (Å²) in [6.07, 6.45) is 0. The van der Waals surface area contributed by atoms with Gasteiger partial charge in [-0.3, -0.25) is 4.79 Å². The van der Waals surface area contributed by atoms with Gasteiger partial charge in [0.05, 0.1) is 12.7 Å². The van der Waals surface area contributed by atoms with Gasteiger partial charge in [0.2, 0.25) is 0 Å². The summed E-state index contributed by atoms with van der Waals surface area (Å²) in [4.78, 5) is 12.4. The van der Waals surface area contributed by atoms with Crippen LogP contribution in [0.15, 0.2) is 30.3 Å². The van der Waals surface area contributed by atoms with Crippen LogP contribution >= 0.6 is 0 Å². The molecule has 0 saturated heterocycles. The van der Waals surface area contributed by atoms with Crippen molar-refractivity contribution in [3.8, 4) is 11.4 Å². The third-order valence-corrected chi connectivity index (χ3v) is 4.02. The molecule has 1 unspecified atom stereocenters. The first-order chi connectivity index (χ1) is 11.0. The predicted molar refractivity (Wildman–Crippen MR) is 92.3 cm³/mol. The quantitative estimate of drug-likeness (QED) is 0.860. The number of nitrogens with two attached hydrogens (primary N) is 1. The van der Waals surface area contributed by atoms with E-state index in [1.54, 1.807) is 7.11 Å². The Morgan fingerprint density at radius 3 is 2.52 bits per heavy atom. The van der Waals surface area contributed by atoms with E-state index in [4.69, 9.17) is 10.5 Å². The summed E-state index contributed by atoms with van der Waals surface area (Å²) in [6, 6.07) is 9.71. The van der Waals surface area contributed by atoms with Gasteiger partial charge in [-0.25, -0.2) is 0 Å². The summed E-state index contributed by atoms with van der Waals surface area (Å²) < 4.78 is 7.26. The minimum absolute atomic E-state index is 0.0573. The molecule has 2 aromatic rings. The van der Waals surface area contributed by atoms with E-state index in [0.29, 0.717) is 18.7 Å². The first kappa shape index (κ1) is 17.1. The van der Waals surface area contributed by atoms with Crippen LogP contribution in [-0.2, 0) is 0 Å². The Morgan fingerprint density at radius 2 is 1.96 bits per heavy atom. The van der Waals surface area contributed by atoms with Crippen LogP contribution < -0.4 is 15.8 Å². The van der Waals surface area contributed by atoms with Gasteiger partial charge in [-0.1, -0.05) is 6.92 Å². The smallest absolute Gasteiger partial charge is 0.253 e. The number of carbonyl (C=O) groups excluding carboxylic acids is 1.